The summed E-state index contributed by atoms with van der Waals surface area (Å²) in [6.45, 7) is 5.11. The van der Waals surface area contributed by atoms with Gasteiger partial charge in [-0.1, -0.05) is 48.5 Å². The minimum atomic E-state index is 0.842. The van der Waals surface area contributed by atoms with E-state index in [0.717, 1.165) is 29.1 Å². The van der Waals surface area contributed by atoms with Gasteiger partial charge in [0.25, 0.3) is 0 Å². The van der Waals surface area contributed by atoms with E-state index >= 15 is 0 Å². The molecule has 0 bridgehead atoms. The Bertz CT molecular complexity index is 1130. The number of rotatable bonds is 5. The topological polar surface area (TPSA) is 30.2 Å². The largest absolute Gasteiger partial charge is 0.316 e. The number of aryl methyl sites for hydroxylation is 2. The lowest BCUT2D eigenvalue weighted by Crippen LogP contribution is -2.17. The molecule has 2 heterocycles. The number of pyridine rings is 1. The van der Waals surface area contributed by atoms with Crippen molar-refractivity contribution < 1.29 is 0 Å². The van der Waals surface area contributed by atoms with E-state index in [1.54, 1.807) is 11.3 Å². The van der Waals surface area contributed by atoms with E-state index in [0.29, 0.717) is 0 Å². The predicted octanol–water partition coefficient (Wildman–Crippen LogP) is 5.70. The first-order chi connectivity index (χ1) is 13.7. The summed E-state index contributed by atoms with van der Waals surface area (Å²) in [6, 6.07) is 22.9. The van der Waals surface area contributed by atoms with E-state index in [4.69, 9.17) is 4.99 Å². The highest BCUT2D eigenvalue weighted by atomic mass is 32.1. The molecular weight excluding hydrogens is 362 g/mol. The van der Waals surface area contributed by atoms with Gasteiger partial charge in [-0.2, -0.15) is 0 Å². The van der Waals surface area contributed by atoms with Crippen molar-refractivity contribution in [2.75, 3.05) is 0 Å². The summed E-state index contributed by atoms with van der Waals surface area (Å²) in [7, 11) is 0. The minimum Gasteiger partial charge on any atom is -0.316 e. The highest BCUT2D eigenvalue weighted by Gasteiger charge is 2.09. The fraction of sp³-hybridized carbons (Fsp3) is 0.167. The van der Waals surface area contributed by atoms with E-state index in [1.807, 2.05) is 18.3 Å². The lowest BCUT2D eigenvalue weighted by molar-refractivity contribution is 0.674. The third-order valence-corrected chi connectivity index (χ3v) is 5.84. The van der Waals surface area contributed by atoms with Gasteiger partial charge in [0, 0.05) is 30.2 Å². The Kier molecular flexibility index (Phi) is 5.49. The Morgan fingerprint density at radius 2 is 1.75 bits per heavy atom. The maximum atomic E-state index is 5.02. The summed E-state index contributed by atoms with van der Waals surface area (Å²) in [5, 5.41) is 2.21. The van der Waals surface area contributed by atoms with Gasteiger partial charge >= 0.3 is 0 Å². The van der Waals surface area contributed by atoms with E-state index in [1.165, 1.54) is 22.4 Å². The van der Waals surface area contributed by atoms with Gasteiger partial charge in [0.1, 0.15) is 0 Å². The standard InChI is InChI=1S/C24H23N3S/c1-18-9-8-13-22(19(18)2)26-24-27(16-14-21-12-6-7-15-25-21)23(17-28-24)20-10-4-3-5-11-20/h3-13,15,17H,14,16H2,1-2H3. The molecule has 4 aromatic rings. The molecule has 0 atom stereocenters. The van der Waals surface area contributed by atoms with E-state index in [2.05, 4.69) is 83.4 Å². The molecule has 0 spiro atoms. The molecule has 0 saturated carbocycles. The van der Waals surface area contributed by atoms with Gasteiger partial charge in [-0.25, -0.2) is 4.99 Å². The van der Waals surface area contributed by atoms with Crippen LogP contribution in [0.15, 0.2) is 83.3 Å². The van der Waals surface area contributed by atoms with Crippen LogP contribution >= 0.6 is 11.3 Å². The van der Waals surface area contributed by atoms with Gasteiger partial charge in [0.2, 0.25) is 0 Å². The quantitative estimate of drug-likeness (QED) is 0.433. The Balaban J connectivity index is 1.79. The second-order valence-corrected chi connectivity index (χ2v) is 7.66. The van der Waals surface area contributed by atoms with Crippen molar-refractivity contribution in [3.8, 4) is 11.3 Å². The molecule has 3 nitrogen and oxygen atoms in total. The van der Waals surface area contributed by atoms with Crippen molar-refractivity contribution in [2.24, 2.45) is 4.99 Å². The summed E-state index contributed by atoms with van der Waals surface area (Å²) in [5.74, 6) is 0. The number of aromatic nitrogens is 2. The Morgan fingerprint density at radius 3 is 2.54 bits per heavy atom. The van der Waals surface area contributed by atoms with Gasteiger partial charge in [-0.05, 0) is 48.7 Å². The van der Waals surface area contributed by atoms with Crippen molar-refractivity contribution in [1.29, 1.82) is 0 Å². The molecule has 0 aliphatic rings. The number of hydrogen-bond donors (Lipinski definition) is 0. The molecule has 2 aromatic heterocycles. The van der Waals surface area contributed by atoms with E-state index in [9.17, 15) is 0 Å². The fourth-order valence-corrected chi connectivity index (χ4v) is 4.15. The van der Waals surface area contributed by atoms with E-state index < -0.39 is 0 Å². The van der Waals surface area contributed by atoms with E-state index in [-0.39, 0.29) is 0 Å². The average molecular weight is 386 g/mol. The molecule has 0 amide bonds. The van der Waals surface area contributed by atoms with Crippen LogP contribution in [0.4, 0.5) is 5.69 Å². The number of hydrogen-bond acceptors (Lipinski definition) is 3. The lowest BCUT2D eigenvalue weighted by Gasteiger charge is -2.10. The summed E-state index contributed by atoms with van der Waals surface area (Å²) >= 11 is 1.69. The van der Waals surface area contributed by atoms with Gasteiger partial charge in [-0.15, -0.1) is 11.3 Å². The second kappa shape index (κ2) is 8.36. The minimum absolute atomic E-state index is 0.842. The van der Waals surface area contributed by atoms with Crippen molar-refractivity contribution in [3.05, 3.63) is 99.9 Å². The van der Waals surface area contributed by atoms with Crippen molar-refractivity contribution in [3.63, 3.8) is 0 Å². The molecule has 0 fully saturated rings. The maximum Gasteiger partial charge on any atom is 0.190 e. The van der Waals surface area contributed by atoms with Gasteiger partial charge < -0.3 is 4.57 Å². The first kappa shape index (κ1) is 18.4. The highest BCUT2D eigenvalue weighted by Crippen LogP contribution is 2.23. The van der Waals surface area contributed by atoms with Crippen LogP contribution < -0.4 is 4.80 Å². The molecule has 0 saturated heterocycles. The van der Waals surface area contributed by atoms with Crippen LogP contribution in [0.5, 0.6) is 0 Å². The van der Waals surface area contributed by atoms with Gasteiger partial charge in [-0.3, -0.25) is 4.98 Å². The summed E-state index contributed by atoms with van der Waals surface area (Å²) in [4.78, 5) is 10.5. The van der Waals surface area contributed by atoms with Gasteiger partial charge in [0.15, 0.2) is 4.80 Å². The number of benzene rings is 2. The average Bonchev–Trinajstić information content (AvgIpc) is 3.14. The molecular formula is C24H23N3S. The van der Waals surface area contributed by atoms with Crippen LogP contribution in [0.3, 0.4) is 0 Å². The normalized spacial score (nSPS) is 11.7. The molecule has 2 aromatic carbocycles. The fourth-order valence-electron chi connectivity index (χ4n) is 3.21. The molecule has 0 aliphatic heterocycles. The zero-order valence-corrected chi connectivity index (χ0v) is 17.0. The SMILES string of the molecule is Cc1cccc(N=c2scc(-c3ccccc3)n2CCc2ccccn2)c1C. The van der Waals surface area contributed by atoms with Crippen molar-refractivity contribution in [2.45, 2.75) is 26.8 Å². The molecule has 4 rings (SSSR count). The zero-order chi connectivity index (χ0) is 19.3. The molecule has 0 radical (unpaired) electrons. The first-order valence-electron chi connectivity index (χ1n) is 9.47. The maximum absolute atomic E-state index is 5.02. The number of thiazole rings is 1. The summed E-state index contributed by atoms with van der Waals surface area (Å²) < 4.78 is 2.32. The first-order valence-corrected chi connectivity index (χ1v) is 10.3. The molecule has 4 heteroatoms. The Morgan fingerprint density at radius 1 is 0.929 bits per heavy atom. The van der Waals surface area contributed by atoms with Gasteiger partial charge in [0.05, 0.1) is 11.4 Å². The number of nitrogens with zero attached hydrogens (tertiary/aromatic N) is 3. The molecule has 0 aliphatic carbocycles. The zero-order valence-electron chi connectivity index (χ0n) is 16.2. The van der Waals surface area contributed by atoms with Crippen LogP contribution in [0.1, 0.15) is 16.8 Å². The monoisotopic (exact) mass is 385 g/mol. The molecule has 0 unspecified atom stereocenters. The van der Waals surface area contributed by atoms with Crippen LogP contribution in [0.2, 0.25) is 0 Å². The third kappa shape index (κ3) is 3.97. The van der Waals surface area contributed by atoms with Crippen LogP contribution in [0, 0.1) is 13.8 Å². The highest BCUT2D eigenvalue weighted by molar-refractivity contribution is 7.07. The Hall–Kier alpha value is -2.98. The summed E-state index contributed by atoms with van der Waals surface area (Å²) in [5.41, 5.74) is 7.04. The van der Waals surface area contributed by atoms with Crippen LogP contribution in [-0.2, 0) is 13.0 Å². The van der Waals surface area contributed by atoms with Crippen molar-refractivity contribution in [1.82, 2.24) is 9.55 Å². The molecule has 140 valence electrons. The van der Waals surface area contributed by atoms with Crippen LogP contribution in [0.25, 0.3) is 11.3 Å². The lowest BCUT2D eigenvalue weighted by atomic mass is 10.1. The Labute approximate surface area is 169 Å². The molecule has 28 heavy (non-hydrogen) atoms. The van der Waals surface area contributed by atoms with Crippen molar-refractivity contribution >= 4 is 17.0 Å². The van der Waals surface area contributed by atoms with Crippen LogP contribution in [-0.4, -0.2) is 9.55 Å². The summed E-state index contributed by atoms with van der Waals surface area (Å²) in [6.07, 6.45) is 2.73. The second-order valence-electron chi connectivity index (χ2n) is 6.82. The smallest absolute Gasteiger partial charge is 0.190 e. The molecule has 0 N–H and O–H groups in total. The predicted molar refractivity (Wildman–Crippen MR) is 117 cm³/mol. The third-order valence-electron chi connectivity index (χ3n) is 4.98.